The van der Waals surface area contributed by atoms with E-state index in [4.69, 9.17) is 0 Å². The molecule has 0 radical (unpaired) electrons. The second-order valence-corrected chi connectivity index (χ2v) is 8.54. The monoisotopic (exact) mass is 348 g/mol. The molecule has 2 fully saturated rings. The molecule has 0 atom stereocenters. The van der Waals surface area contributed by atoms with E-state index >= 15 is 0 Å². The van der Waals surface area contributed by atoms with Crippen molar-refractivity contribution in [1.29, 1.82) is 0 Å². The third-order valence-corrected chi connectivity index (χ3v) is 7.39. The standard InChI is InChI=1S/C23H34F2/c1-3-16(4-2)17-5-7-18(8-6-17)19-9-11-20(12-10-19)21-13-14-22(24)23(25)15-21/h13-20H,3-12H2,1-2H3. The second-order valence-electron chi connectivity index (χ2n) is 8.54. The summed E-state index contributed by atoms with van der Waals surface area (Å²) in [4.78, 5) is 0. The molecule has 2 saturated carbocycles. The fourth-order valence-corrected chi connectivity index (χ4v) is 5.73. The molecule has 25 heavy (non-hydrogen) atoms. The SMILES string of the molecule is CCC(CC)C1CCC(C2CCC(c3ccc(F)c(F)c3)CC2)CC1. The van der Waals surface area contributed by atoms with E-state index in [1.807, 2.05) is 0 Å². The van der Waals surface area contributed by atoms with E-state index in [1.165, 1.54) is 63.5 Å². The summed E-state index contributed by atoms with van der Waals surface area (Å²) < 4.78 is 26.6. The normalized spacial score (nSPS) is 30.6. The van der Waals surface area contributed by atoms with E-state index in [-0.39, 0.29) is 0 Å². The van der Waals surface area contributed by atoms with Crippen molar-refractivity contribution in [2.24, 2.45) is 23.7 Å². The zero-order chi connectivity index (χ0) is 17.8. The molecule has 0 saturated heterocycles. The van der Waals surface area contributed by atoms with Crippen LogP contribution in [0.2, 0.25) is 0 Å². The molecule has 3 rings (SSSR count). The maximum atomic E-state index is 13.5. The average molecular weight is 349 g/mol. The fourth-order valence-electron chi connectivity index (χ4n) is 5.73. The van der Waals surface area contributed by atoms with Crippen molar-refractivity contribution in [3.8, 4) is 0 Å². The number of rotatable bonds is 5. The first-order valence-corrected chi connectivity index (χ1v) is 10.6. The van der Waals surface area contributed by atoms with Gasteiger partial charge in [-0.2, -0.15) is 0 Å². The van der Waals surface area contributed by atoms with Crippen molar-refractivity contribution in [2.45, 2.75) is 84.0 Å². The van der Waals surface area contributed by atoms with Crippen LogP contribution in [-0.4, -0.2) is 0 Å². The zero-order valence-corrected chi connectivity index (χ0v) is 15.9. The lowest BCUT2D eigenvalue weighted by Gasteiger charge is -2.39. The summed E-state index contributed by atoms with van der Waals surface area (Å²) in [5.74, 6) is 2.67. The number of benzene rings is 1. The summed E-state index contributed by atoms with van der Waals surface area (Å²) in [7, 11) is 0. The second kappa shape index (κ2) is 8.64. The van der Waals surface area contributed by atoms with Crippen molar-refractivity contribution < 1.29 is 8.78 Å². The lowest BCUT2D eigenvalue weighted by atomic mass is 9.66. The van der Waals surface area contributed by atoms with Crippen LogP contribution in [0.1, 0.15) is 89.5 Å². The van der Waals surface area contributed by atoms with Crippen molar-refractivity contribution in [3.63, 3.8) is 0 Å². The van der Waals surface area contributed by atoms with Crippen LogP contribution in [0.3, 0.4) is 0 Å². The van der Waals surface area contributed by atoms with Gasteiger partial charge in [-0.25, -0.2) is 8.78 Å². The van der Waals surface area contributed by atoms with Gasteiger partial charge in [-0.05, 0) is 98.7 Å². The van der Waals surface area contributed by atoms with Gasteiger partial charge < -0.3 is 0 Å². The minimum absolute atomic E-state index is 0.423. The molecular weight excluding hydrogens is 314 g/mol. The quantitative estimate of drug-likeness (QED) is 0.517. The largest absolute Gasteiger partial charge is 0.204 e. The van der Waals surface area contributed by atoms with Crippen LogP contribution in [0.15, 0.2) is 18.2 Å². The summed E-state index contributed by atoms with van der Waals surface area (Å²) in [5.41, 5.74) is 0.995. The minimum atomic E-state index is -0.730. The van der Waals surface area contributed by atoms with Crippen molar-refractivity contribution >= 4 is 0 Å². The van der Waals surface area contributed by atoms with E-state index in [1.54, 1.807) is 6.07 Å². The first-order valence-electron chi connectivity index (χ1n) is 10.6. The Morgan fingerprint density at radius 1 is 0.800 bits per heavy atom. The number of hydrogen-bond donors (Lipinski definition) is 0. The Bertz CT molecular complexity index is 533. The molecule has 0 heterocycles. The molecule has 2 heteroatoms. The lowest BCUT2D eigenvalue weighted by molar-refractivity contribution is 0.131. The van der Waals surface area contributed by atoms with Gasteiger partial charge in [-0.3, -0.25) is 0 Å². The van der Waals surface area contributed by atoms with Gasteiger partial charge in [0, 0.05) is 0 Å². The molecule has 2 aliphatic rings. The molecule has 0 spiro atoms. The van der Waals surface area contributed by atoms with E-state index in [9.17, 15) is 8.78 Å². The van der Waals surface area contributed by atoms with Crippen molar-refractivity contribution in [3.05, 3.63) is 35.4 Å². The average Bonchev–Trinajstić information content (AvgIpc) is 2.66. The third kappa shape index (κ3) is 4.44. The summed E-state index contributed by atoms with van der Waals surface area (Å²) in [6.45, 7) is 4.69. The molecule has 0 nitrogen and oxygen atoms in total. The van der Waals surface area contributed by atoms with E-state index in [2.05, 4.69) is 13.8 Å². The molecule has 0 aromatic heterocycles. The van der Waals surface area contributed by atoms with Crippen LogP contribution in [0, 0.1) is 35.3 Å². The maximum absolute atomic E-state index is 13.5. The molecule has 0 aliphatic heterocycles. The van der Waals surface area contributed by atoms with Crippen molar-refractivity contribution in [2.75, 3.05) is 0 Å². The van der Waals surface area contributed by atoms with Crippen LogP contribution in [0.5, 0.6) is 0 Å². The lowest BCUT2D eigenvalue weighted by Crippen LogP contribution is -2.27. The van der Waals surface area contributed by atoms with Crippen LogP contribution in [-0.2, 0) is 0 Å². The Morgan fingerprint density at radius 3 is 1.88 bits per heavy atom. The Balaban J connectivity index is 1.49. The molecule has 0 amide bonds. The highest BCUT2D eigenvalue weighted by Crippen LogP contribution is 2.45. The highest BCUT2D eigenvalue weighted by molar-refractivity contribution is 5.22. The van der Waals surface area contributed by atoms with Gasteiger partial charge in [0.05, 0.1) is 0 Å². The van der Waals surface area contributed by atoms with E-state index in [0.717, 1.165) is 42.1 Å². The van der Waals surface area contributed by atoms with Gasteiger partial charge in [0.2, 0.25) is 0 Å². The molecule has 1 aromatic carbocycles. The Morgan fingerprint density at radius 2 is 1.36 bits per heavy atom. The van der Waals surface area contributed by atoms with Gasteiger partial charge in [-0.15, -0.1) is 0 Å². The highest BCUT2D eigenvalue weighted by Gasteiger charge is 2.32. The summed E-state index contributed by atoms with van der Waals surface area (Å²) in [5, 5.41) is 0. The summed E-state index contributed by atoms with van der Waals surface area (Å²) >= 11 is 0. The van der Waals surface area contributed by atoms with Gasteiger partial charge in [0.25, 0.3) is 0 Å². The molecule has 1 aromatic rings. The molecule has 2 aliphatic carbocycles. The van der Waals surface area contributed by atoms with Crippen LogP contribution in [0.4, 0.5) is 8.78 Å². The smallest absolute Gasteiger partial charge is 0.159 e. The highest BCUT2D eigenvalue weighted by atomic mass is 19.2. The van der Waals surface area contributed by atoms with Gasteiger partial charge in [0.15, 0.2) is 11.6 Å². The number of halogens is 2. The first-order chi connectivity index (χ1) is 12.1. The van der Waals surface area contributed by atoms with Crippen LogP contribution in [0.25, 0.3) is 0 Å². The van der Waals surface area contributed by atoms with Crippen LogP contribution >= 0.6 is 0 Å². The number of hydrogen-bond acceptors (Lipinski definition) is 0. The molecule has 0 unspecified atom stereocenters. The predicted octanol–water partition coefficient (Wildman–Crippen LogP) is 7.48. The van der Waals surface area contributed by atoms with Crippen molar-refractivity contribution in [1.82, 2.24) is 0 Å². The van der Waals surface area contributed by atoms with Gasteiger partial charge in [-0.1, -0.05) is 32.8 Å². The molecule has 140 valence electrons. The molecule has 0 bridgehead atoms. The summed E-state index contributed by atoms with van der Waals surface area (Å²) in [6.07, 6.45) is 13.2. The Labute approximate surface area is 152 Å². The Hall–Kier alpha value is -0.920. The first kappa shape index (κ1) is 18.9. The fraction of sp³-hybridized carbons (Fsp3) is 0.739. The predicted molar refractivity (Wildman–Crippen MR) is 101 cm³/mol. The topological polar surface area (TPSA) is 0 Å². The van der Waals surface area contributed by atoms with Crippen LogP contribution < -0.4 is 0 Å². The molecular formula is C23H34F2. The summed E-state index contributed by atoms with van der Waals surface area (Å²) in [6, 6.07) is 4.49. The van der Waals surface area contributed by atoms with Gasteiger partial charge >= 0.3 is 0 Å². The van der Waals surface area contributed by atoms with E-state index < -0.39 is 11.6 Å². The molecule has 0 N–H and O–H groups in total. The zero-order valence-electron chi connectivity index (χ0n) is 15.9. The van der Waals surface area contributed by atoms with Gasteiger partial charge in [0.1, 0.15) is 0 Å². The third-order valence-electron chi connectivity index (χ3n) is 7.39. The van der Waals surface area contributed by atoms with E-state index in [0.29, 0.717) is 5.92 Å². The Kier molecular flexibility index (Phi) is 6.52. The maximum Gasteiger partial charge on any atom is 0.159 e. The minimum Gasteiger partial charge on any atom is -0.204 e.